The summed E-state index contributed by atoms with van der Waals surface area (Å²) in [6, 6.07) is 17.1. The number of hydrogen-bond donors (Lipinski definition) is 1. The van der Waals surface area contributed by atoms with Crippen molar-refractivity contribution in [3.05, 3.63) is 66.7 Å². The van der Waals surface area contributed by atoms with E-state index in [1.165, 1.54) is 53.5 Å². The van der Waals surface area contributed by atoms with Gasteiger partial charge in [0, 0.05) is 18.0 Å². The van der Waals surface area contributed by atoms with E-state index < -0.39 is 32.5 Å². The number of piperidine rings is 1. The fourth-order valence-corrected chi connectivity index (χ4v) is 7.96. The summed E-state index contributed by atoms with van der Waals surface area (Å²) in [5, 5.41) is 2.67. The number of methoxy groups -OCH3 is 1. The van der Waals surface area contributed by atoms with E-state index in [4.69, 9.17) is 9.47 Å². The van der Waals surface area contributed by atoms with Crippen LogP contribution < -0.4 is 19.1 Å². The monoisotopic (exact) mass is 633 g/mol. The van der Waals surface area contributed by atoms with E-state index in [1.807, 2.05) is 13.2 Å². The zero-order valence-electron chi connectivity index (χ0n) is 23.8. The lowest BCUT2D eigenvalue weighted by Crippen LogP contribution is -2.38. The molecular formula is C29H35N3O7S3. The van der Waals surface area contributed by atoms with Gasteiger partial charge in [-0.2, -0.15) is 4.31 Å². The second-order valence-corrected chi connectivity index (χ2v) is 14.2. The van der Waals surface area contributed by atoms with Crippen molar-refractivity contribution < 1.29 is 31.1 Å². The smallest absolute Gasteiger partial charge is 0.264 e. The van der Waals surface area contributed by atoms with Gasteiger partial charge in [-0.25, -0.2) is 16.8 Å². The maximum atomic E-state index is 13.8. The van der Waals surface area contributed by atoms with E-state index in [0.717, 1.165) is 28.5 Å². The Labute approximate surface area is 252 Å². The number of thioether (sulfide) groups is 1. The van der Waals surface area contributed by atoms with Gasteiger partial charge in [-0.1, -0.05) is 6.42 Å². The zero-order chi connectivity index (χ0) is 30.3. The Morgan fingerprint density at radius 1 is 0.929 bits per heavy atom. The first-order valence-electron chi connectivity index (χ1n) is 13.5. The minimum Gasteiger partial charge on any atom is -0.495 e. The Morgan fingerprint density at radius 3 is 2.17 bits per heavy atom. The Morgan fingerprint density at radius 2 is 1.57 bits per heavy atom. The van der Waals surface area contributed by atoms with Crippen molar-refractivity contribution >= 4 is 49.1 Å². The third kappa shape index (κ3) is 7.20. The van der Waals surface area contributed by atoms with Crippen molar-refractivity contribution in [2.24, 2.45) is 0 Å². The highest BCUT2D eigenvalue weighted by Gasteiger charge is 2.29. The molecule has 13 heteroatoms. The van der Waals surface area contributed by atoms with Crippen molar-refractivity contribution in [2.45, 2.75) is 40.9 Å². The average molecular weight is 634 g/mol. The third-order valence-electron chi connectivity index (χ3n) is 6.77. The highest BCUT2D eigenvalue weighted by molar-refractivity contribution is 7.98. The van der Waals surface area contributed by atoms with Crippen LogP contribution in [0.3, 0.4) is 0 Å². The number of nitrogens with one attached hydrogen (secondary N) is 1. The first kappa shape index (κ1) is 31.7. The molecule has 1 heterocycles. The van der Waals surface area contributed by atoms with Crippen LogP contribution in [0.4, 0.5) is 11.4 Å². The van der Waals surface area contributed by atoms with E-state index in [-0.39, 0.29) is 26.9 Å². The van der Waals surface area contributed by atoms with Gasteiger partial charge in [-0.3, -0.25) is 9.10 Å². The molecule has 1 saturated heterocycles. The molecule has 1 aliphatic rings. The molecule has 0 bridgehead atoms. The quantitative estimate of drug-likeness (QED) is 0.282. The number of hydrogen-bond acceptors (Lipinski definition) is 8. The van der Waals surface area contributed by atoms with Crippen molar-refractivity contribution in [2.75, 3.05) is 49.2 Å². The van der Waals surface area contributed by atoms with Gasteiger partial charge in [0.05, 0.1) is 34.9 Å². The first-order chi connectivity index (χ1) is 20.1. The van der Waals surface area contributed by atoms with Gasteiger partial charge in [0.2, 0.25) is 15.9 Å². The van der Waals surface area contributed by atoms with Crippen LogP contribution in [0.2, 0.25) is 0 Å². The number of amides is 1. The molecule has 0 spiro atoms. The number of anilines is 2. The lowest BCUT2D eigenvalue weighted by molar-refractivity contribution is -0.114. The fraction of sp³-hybridized carbons (Fsp3) is 0.345. The van der Waals surface area contributed by atoms with Crippen molar-refractivity contribution in [3.63, 3.8) is 0 Å². The molecule has 3 aromatic rings. The molecule has 10 nitrogen and oxygen atoms in total. The van der Waals surface area contributed by atoms with Crippen LogP contribution in [-0.4, -0.2) is 66.7 Å². The lowest BCUT2D eigenvalue weighted by Gasteiger charge is -2.26. The summed E-state index contributed by atoms with van der Waals surface area (Å²) < 4.78 is 67.5. The van der Waals surface area contributed by atoms with Crippen LogP contribution in [0.5, 0.6) is 11.5 Å². The van der Waals surface area contributed by atoms with E-state index in [1.54, 1.807) is 36.4 Å². The maximum absolute atomic E-state index is 13.8. The summed E-state index contributed by atoms with van der Waals surface area (Å²) in [5.41, 5.74) is 0.380. The van der Waals surface area contributed by atoms with Crippen LogP contribution in [0.15, 0.2) is 81.4 Å². The number of ether oxygens (including phenoxy) is 2. The van der Waals surface area contributed by atoms with Crippen LogP contribution in [0.1, 0.15) is 26.2 Å². The largest absolute Gasteiger partial charge is 0.495 e. The molecular weight excluding hydrogens is 599 g/mol. The van der Waals surface area contributed by atoms with Crippen molar-refractivity contribution in [1.82, 2.24) is 4.31 Å². The standard InChI is InChI=1S/C29H35N3O7S3/c1-4-39-23-10-8-22(9-11-23)32(42(36,37)25-14-12-24(40-3)13-15-25)21-29(33)30-27-20-26(16-17-28(27)38-2)41(34,35)31-18-6-5-7-19-31/h8-17,20H,4-7,18-19,21H2,1-3H3,(H,30,33). The van der Waals surface area contributed by atoms with Crippen molar-refractivity contribution in [1.29, 1.82) is 0 Å². The van der Waals surface area contributed by atoms with E-state index in [2.05, 4.69) is 5.32 Å². The Bertz CT molecular complexity index is 1590. The average Bonchev–Trinajstić information content (AvgIpc) is 3.01. The second-order valence-electron chi connectivity index (χ2n) is 9.49. The molecule has 0 aliphatic carbocycles. The van der Waals surface area contributed by atoms with Gasteiger partial charge in [0.15, 0.2) is 0 Å². The van der Waals surface area contributed by atoms with E-state index in [9.17, 15) is 21.6 Å². The predicted octanol–water partition coefficient (Wildman–Crippen LogP) is 4.82. The molecule has 0 aromatic heterocycles. The summed E-state index contributed by atoms with van der Waals surface area (Å²) in [6.07, 6.45) is 4.44. The highest BCUT2D eigenvalue weighted by Crippen LogP contribution is 2.31. The van der Waals surface area contributed by atoms with Crippen molar-refractivity contribution in [3.8, 4) is 11.5 Å². The molecule has 0 saturated carbocycles. The number of carbonyl (C=O) groups excluding carboxylic acids is 1. The second kappa shape index (κ2) is 13.8. The fourth-order valence-electron chi connectivity index (χ4n) is 4.58. The van der Waals surface area contributed by atoms with Crippen LogP contribution in [0.25, 0.3) is 0 Å². The number of carbonyl (C=O) groups is 1. The minimum absolute atomic E-state index is 0.0189. The molecule has 1 amide bonds. The number of rotatable bonds is 12. The molecule has 42 heavy (non-hydrogen) atoms. The van der Waals surface area contributed by atoms with Gasteiger partial charge in [-0.05, 0) is 92.8 Å². The summed E-state index contributed by atoms with van der Waals surface area (Å²) in [6.45, 7) is 2.58. The maximum Gasteiger partial charge on any atom is 0.264 e. The molecule has 1 fully saturated rings. The zero-order valence-corrected chi connectivity index (χ0v) is 26.2. The molecule has 1 aliphatic heterocycles. The number of benzene rings is 3. The summed E-state index contributed by atoms with van der Waals surface area (Å²) in [4.78, 5) is 14.3. The van der Waals surface area contributed by atoms with Gasteiger partial charge >= 0.3 is 0 Å². The van der Waals surface area contributed by atoms with E-state index >= 15 is 0 Å². The Balaban J connectivity index is 1.65. The van der Waals surface area contributed by atoms with Crippen LogP contribution in [-0.2, 0) is 24.8 Å². The van der Waals surface area contributed by atoms with Crippen LogP contribution in [0, 0.1) is 0 Å². The summed E-state index contributed by atoms with van der Waals surface area (Å²) in [5.74, 6) is 0.118. The molecule has 0 atom stereocenters. The predicted molar refractivity (Wildman–Crippen MR) is 165 cm³/mol. The molecule has 1 N–H and O–H groups in total. The molecule has 4 rings (SSSR count). The third-order valence-corrected chi connectivity index (χ3v) is 11.2. The molecule has 226 valence electrons. The summed E-state index contributed by atoms with van der Waals surface area (Å²) >= 11 is 1.48. The number of nitrogens with zero attached hydrogens (tertiary/aromatic N) is 2. The van der Waals surface area contributed by atoms with Gasteiger partial charge in [-0.15, -0.1) is 11.8 Å². The normalized spacial score (nSPS) is 14.3. The number of sulfonamides is 2. The minimum atomic E-state index is -4.16. The van der Waals surface area contributed by atoms with E-state index in [0.29, 0.717) is 25.4 Å². The molecule has 0 radical (unpaired) electrons. The van der Waals surface area contributed by atoms with Gasteiger partial charge in [0.1, 0.15) is 18.0 Å². The topological polar surface area (TPSA) is 122 Å². The Kier molecular flexibility index (Phi) is 10.4. The first-order valence-corrected chi connectivity index (χ1v) is 17.6. The molecule has 3 aromatic carbocycles. The highest BCUT2D eigenvalue weighted by atomic mass is 32.2. The van der Waals surface area contributed by atoms with Crippen LogP contribution >= 0.6 is 11.8 Å². The Hall–Kier alpha value is -3.26. The SMILES string of the molecule is CCOc1ccc(N(CC(=O)Nc2cc(S(=O)(=O)N3CCCCC3)ccc2OC)S(=O)(=O)c2ccc(SC)cc2)cc1. The molecule has 0 unspecified atom stereocenters. The summed E-state index contributed by atoms with van der Waals surface area (Å²) in [7, 11) is -6.54. The van der Waals surface area contributed by atoms with Gasteiger partial charge in [0.25, 0.3) is 10.0 Å². The van der Waals surface area contributed by atoms with Gasteiger partial charge < -0.3 is 14.8 Å². The lowest BCUT2D eigenvalue weighted by atomic mass is 10.2.